The lowest BCUT2D eigenvalue weighted by Gasteiger charge is -2.21. The molecule has 0 radical (unpaired) electrons. The van der Waals surface area contributed by atoms with Crippen molar-refractivity contribution in [1.82, 2.24) is 5.32 Å². The summed E-state index contributed by atoms with van der Waals surface area (Å²) >= 11 is 3.53. The number of carbonyl (C=O) groups excluding carboxylic acids is 1. The van der Waals surface area contributed by atoms with E-state index in [1.165, 1.54) is 5.56 Å². The van der Waals surface area contributed by atoms with E-state index in [2.05, 4.69) is 55.0 Å². The van der Waals surface area contributed by atoms with Crippen LogP contribution in [0.2, 0.25) is 0 Å². The zero-order chi connectivity index (χ0) is 21.7. The Morgan fingerprint density at radius 2 is 1.69 bits per heavy atom. The summed E-state index contributed by atoms with van der Waals surface area (Å²) in [5.41, 5.74) is 4.54. The normalized spacial score (nSPS) is 12.2. The van der Waals surface area contributed by atoms with Gasteiger partial charge in [-0.25, -0.2) is 0 Å². The van der Waals surface area contributed by atoms with Crippen LogP contribution in [0.4, 0.5) is 0 Å². The van der Waals surface area contributed by atoms with Gasteiger partial charge in [0.1, 0.15) is 11.5 Å². The third kappa shape index (κ3) is 5.99. The van der Waals surface area contributed by atoms with Crippen LogP contribution >= 0.6 is 15.9 Å². The monoisotopic (exact) mass is 461 g/mol. The Labute approximate surface area is 183 Å². The van der Waals surface area contributed by atoms with Gasteiger partial charge in [-0.05, 0) is 88.1 Å². The summed E-state index contributed by atoms with van der Waals surface area (Å²) in [6, 6.07) is 10.0. The number of nitrogens with one attached hydrogen (secondary N) is 1. The SMILES string of the molecule is COc1cc(C)c([C@@H](C)NC(=O)COc2ccc(C(C)C)cc2Br)cc1C(C)C. The third-order valence-electron chi connectivity index (χ3n) is 5.07. The summed E-state index contributed by atoms with van der Waals surface area (Å²) < 4.78 is 12.1. The van der Waals surface area contributed by atoms with Crippen LogP contribution in [0.1, 0.15) is 74.8 Å². The predicted molar refractivity (Wildman–Crippen MR) is 122 cm³/mol. The van der Waals surface area contributed by atoms with Gasteiger partial charge in [-0.2, -0.15) is 0 Å². The van der Waals surface area contributed by atoms with Crippen LogP contribution in [-0.4, -0.2) is 19.6 Å². The summed E-state index contributed by atoms with van der Waals surface area (Å²) in [6.45, 7) is 12.5. The molecule has 0 unspecified atom stereocenters. The Kier molecular flexibility index (Phi) is 8.14. The first-order chi connectivity index (χ1) is 13.6. The fourth-order valence-corrected chi connectivity index (χ4v) is 3.82. The average molecular weight is 462 g/mol. The highest BCUT2D eigenvalue weighted by molar-refractivity contribution is 9.10. The molecular weight excluding hydrogens is 430 g/mol. The van der Waals surface area contributed by atoms with Crippen molar-refractivity contribution in [2.24, 2.45) is 0 Å². The number of halogens is 1. The van der Waals surface area contributed by atoms with Crippen LogP contribution in [0.5, 0.6) is 11.5 Å². The van der Waals surface area contributed by atoms with E-state index in [1.807, 2.05) is 38.1 Å². The molecule has 1 atom stereocenters. The second-order valence-electron chi connectivity index (χ2n) is 8.03. The van der Waals surface area contributed by atoms with Gasteiger partial charge in [0.2, 0.25) is 0 Å². The van der Waals surface area contributed by atoms with E-state index in [0.717, 1.165) is 26.9 Å². The standard InChI is InChI=1S/C24H32BrNO3/c1-14(2)18-8-9-22(21(25)11-18)29-13-24(27)26-17(6)20-12-19(15(3)4)23(28-7)10-16(20)5/h8-12,14-15,17H,13H2,1-7H3,(H,26,27)/t17-/m1/s1. The average Bonchev–Trinajstić information content (AvgIpc) is 2.66. The van der Waals surface area contributed by atoms with Gasteiger partial charge in [-0.1, -0.05) is 33.8 Å². The van der Waals surface area contributed by atoms with E-state index < -0.39 is 0 Å². The van der Waals surface area contributed by atoms with Crippen LogP contribution in [0.15, 0.2) is 34.8 Å². The number of hydrogen-bond donors (Lipinski definition) is 1. The first kappa shape index (κ1) is 23.3. The Morgan fingerprint density at radius 1 is 1.00 bits per heavy atom. The minimum atomic E-state index is -0.154. The molecule has 5 heteroatoms. The van der Waals surface area contributed by atoms with Crippen LogP contribution < -0.4 is 14.8 Å². The largest absolute Gasteiger partial charge is 0.496 e. The van der Waals surface area contributed by atoms with E-state index in [0.29, 0.717) is 17.6 Å². The van der Waals surface area contributed by atoms with Crippen molar-refractivity contribution >= 4 is 21.8 Å². The van der Waals surface area contributed by atoms with E-state index in [1.54, 1.807) is 7.11 Å². The fourth-order valence-electron chi connectivity index (χ4n) is 3.31. The topological polar surface area (TPSA) is 47.6 Å². The lowest BCUT2D eigenvalue weighted by atomic mass is 9.93. The molecule has 0 aliphatic carbocycles. The fraction of sp³-hybridized carbons (Fsp3) is 0.458. The molecule has 0 bridgehead atoms. The Morgan fingerprint density at radius 3 is 2.24 bits per heavy atom. The first-order valence-corrected chi connectivity index (χ1v) is 10.8. The quantitative estimate of drug-likeness (QED) is 0.503. The molecule has 0 fully saturated rings. The molecule has 0 aliphatic rings. The van der Waals surface area contributed by atoms with Gasteiger partial charge >= 0.3 is 0 Å². The molecule has 29 heavy (non-hydrogen) atoms. The second kappa shape index (κ2) is 10.1. The molecule has 2 aromatic rings. The Balaban J connectivity index is 2.05. The van der Waals surface area contributed by atoms with Crippen molar-refractivity contribution in [2.75, 3.05) is 13.7 Å². The lowest BCUT2D eigenvalue weighted by molar-refractivity contribution is -0.123. The van der Waals surface area contributed by atoms with E-state index in [9.17, 15) is 4.79 Å². The molecule has 0 aliphatic heterocycles. The first-order valence-electron chi connectivity index (χ1n) is 10.0. The molecule has 1 N–H and O–H groups in total. The van der Waals surface area contributed by atoms with Crippen molar-refractivity contribution in [1.29, 1.82) is 0 Å². The predicted octanol–water partition coefficient (Wildman–Crippen LogP) is 6.27. The lowest BCUT2D eigenvalue weighted by Crippen LogP contribution is -2.31. The van der Waals surface area contributed by atoms with Crippen LogP contribution in [0.3, 0.4) is 0 Å². The Bertz CT molecular complexity index is 861. The molecule has 0 saturated carbocycles. The number of methoxy groups -OCH3 is 1. The second-order valence-corrected chi connectivity index (χ2v) is 8.88. The molecule has 0 spiro atoms. The number of ether oxygens (including phenoxy) is 2. The number of benzene rings is 2. The number of aryl methyl sites for hydroxylation is 1. The van der Waals surface area contributed by atoms with Crippen molar-refractivity contribution in [3.8, 4) is 11.5 Å². The molecule has 0 heterocycles. The van der Waals surface area contributed by atoms with Crippen LogP contribution in [0.25, 0.3) is 0 Å². The molecular formula is C24H32BrNO3. The summed E-state index contributed by atoms with van der Waals surface area (Å²) in [4.78, 5) is 12.5. The van der Waals surface area contributed by atoms with E-state index in [4.69, 9.17) is 9.47 Å². The summed E-state index contributed by atoms with van der Waals surface area (Å²) in [7, 11) is 1.69. The van der Waals surface area contributed by atoms with Crippen molar-refractivity contribution in [3.05, 3.63) is 57.1 Å². The summed E-state index contributed by atoms with van der Waals surface area (Å²) in [6.07, 6.45) is 0. The molecule has 0 saturated heterocycles. The van der Waals surface area contributed by atoms with Crippen molar-refractivity contribution in [3.63, 3.8) is 0 Å². The zero-order valence-corrected chi connectivity index (χ0v) is 20.0. The number of amides is 1. The third-order valence-corrected chi connectivity index (χ3v) is 5.69. The minimum absolute atomic E-state index is 0.0315. The van der Waals surface area contributed by atoms with Gasteiger partial charge in [0.15, 0.2) is 6.61 Å². The minimum Gasteiger partial charge on any atom is -0.496 e. The number of hydrogen-bond acceptors (Lipinski definition) is 3. The highest BCUT2D eigenvalue weighted by atomic mass is 79.9. The molecule has 4 nitrogen and oxygen atoms in total. The van der Waals surface area contributed by atoms with Gasteiger partial charge in [-0.3, -0.25) is 4.79 Å². The highest BCUT2D eigenvalue weighted by Crippen LogP contribution is 2.32. The van der Waals surface area contributed by atoms with Crippen molar-refractivity contribution < 1.29 is 14.3 Å². The van der Waals surface area contributed by atoms with Crippen LogP contribution in [0, 0.1) is 6.92 Å². The maximum atomic E-state index is 12.5. The molecule has 2 rings (SSSR count). The highest BCUT2D eigenvalue weighted by Gasteiger charge is 2.17. The maximum Gasteiger partial charge on any atom is 0.258 e. The summed E-state index contributed by atoms with van der Waals surface area (Å²) in [5, 5.41) is 3.04. The Hall–Kier alpha value is -2.01. The molecule has 2 aromatic carbocycles. The van der Waals surface area contributed by atoms with Gasteiger partial charge in [-0.15, -0.1) is 0 Å². The van der Waals surface area contributed by atoms with Gasteiger partial charge in [0, 0.05) is 0 Å². The summed E-state index contributed by atoms with van der Waals surface area (Å²) in [5.74, 6) is 2.17. The smallest absolute Gasteiger partial charge is 0.258 e. The molecule has 1 amide bonds. The van der Waals surface area contributed by atoms with Crippen molar-refractivity contribution in [2.45, 2.75) is 59.4 Å². The van der Waals surface area contributed by atoms with Crippen LogP contribution in [-0.2, 0) is 4.79 Å². The van der Waals surface area contributed by atoms with Gasteiger partial charge in [0.05, 0.1) is 17.6 Å². The number of carbonyl (C=O) groups is 1. The van der Waals surface area contributed by atoms with E-state index >= 15 is 0 Å². The molecule has 0 aromatic heterocycles. The molecule has 158 valence electrons. The maximum absolute atomic E-state index is 12.5. The van der Waals surface area contributed by atoms with Gasteiger partial charge < -0.3 is 14.8 Å². The van der Waals surface area contributed by atoms with E-state index in [-0.39, 0.29) is 18.6 Å². The zero-order valence-electron chi connectivity index (χ0n) is 18.4. The number of rotatable bonds is 8. The van der Waals surface area contributed by atoms with Gasteiger partial charge in [0.25, 0.3) is 5.91 Å².